The summed E-state index contributed by atoms with van der Waals surface area (Å²) in [4.78, 5) is 7.16. The Morgan fingerprint density at radius 2 is 2.00 bits per heavy atom. The van der Waals surface area contributed by atoms with Crippen LogP contribution in [0.3, 0.4) is 0 Å². The summed E-state index contributed by atoms with van der Waals surface area (Å²) in [6.45, 7) is 0.936. The van der Waals surface area contributed by atoms with Crippen LogP contribution in [0.4, 0.5) is 5.82 Å². The number of nitrogens with zero attached hydrogens (tertiary/aromatic N) is 2. The third kappa shape index (κ3) is 2.24. The van der Waals surface area contributed by atoms with Crippen LogP contribution in [-0.2, 0) is 12.8 Å². The lowest BCUT2D eigenvalue weighted by atomic mass is 10.2. The van der Waals surface area contributed by atoms with Crippen LogP contribution in [0.1, 0.15) is 43.4 Å². The molecule has 0 saturated heterocycles. The molecule has 0 spiro atoms. The molecular weight excluding hydrogens is 224 g/mol. The maximum absolute atomic E-state index is 9.28. The molecule has 0 aliphatic heterocycles. The molecule has 3 nitrogen and oxygen atoms in total. The average molecular weight is 246 g/mol. The molecule has 0 bridgehead atoms. The number of hydrogen-bond acceptors (Lipinski definition) is 3. The van der Waals surface area contributed by atoms with Gasteiger partial charge in [-0.05, 0) is 43.7 Å². The summed E-state index contributed by atoms with van der Waals surface area (Å²) in [6.07, 6.45) is 8.69. The van der Waals surface area contributed by atoms with E-state index < -0.39 is 0 Å². The minimum atomic E-state index is 0.218. The number of hydrogen-bond donors (Lipinski definition) is 1. The van der Waals surface area contributed by atoms with Gasteiger partial charge < -0.3 is 10.0 Å². The van der Waals surface area contributed by atoms with Gasteiger partial charge in [0.2, 0.25) is 0 Å². The molecule has 0 aromatic carbocycles. The molecule has 1 heterocycles. The number of fused-ring (bicyclic) bond motifs is 1. The van der Waals surface area contributed by atoms with Crippen molar-refractivity contribution >= 4 is 5.82 Å². The second-order valence-electron chi connectivity index (χ2n) is 5.48. The van der Waals surface area contributed by atoms with Crippen LogP contribution in [-0.4, -0.2) is 29.3 Å². The zero-order valence-electron chi connectivity index (χ0n) is 10.9. The summed E-state index contributed by atoms with van der Waals surface area (Å²) >= 11 is 0. The summed E-state index contributed by atoms with van der Waals surface area (Å²) < 4.78 is 0. The Morgan fingerprint density at radius 1 is 1.17 bits per heavy atom. The van der Waals surface area contributed by atoms with Gasteiger partial charge in [0.25, 0.3) is 0 Å². The third-order valence-corrected chi connectivity index (χ3v) is 4.31. The van der Waals surface area contributed by atoms with Crippen molar-refractivity contribution in [1.82, 2.24) is 4.98 Å². The fourth-order valence-corrected chi connectivity index (χ4v) is 3.38. The normalized spacial score (nSPS) is 19.2. The number of aryl methyl sites for hydroxylation is 2. The highest BCUT2D eigenvalue weighted by atomic mass is 16.3. The first-order valence-corrected chi connectivity index (χ1v) is 7.25. The maximum Gasteiger partial charge on any atom is 0.129 e. The highest BCUT2D eigenvalue weighted by Crippen LogP contribution is 2.29. The standard InChI is InChI=1S/C15H22N2O/c18-11-10-17(13-5-1-2-6-13)15-9-8-12-4-3-7-14(12)16-15/h8-9,13,18H,1-7,10-11H2. The van der Waals surface area contributed by atoms with Crippen molar-refractivity contribution < 1.29 is 5.11 Å². The van der Waals surface area contributed by atoms with Crippen LogP contribution in [0.5, 0.6) is 0 Å². The zero-order chi connectivity index (χ0) is 12.4. The van der Waals surface area contributed by atoms with E-state index in [-0.39, 0.29) is 6.61 Å². The lowest BCUT2D eigenvalue weighted by molar-refractivity contribution is 0.297. The fraction of sp³-hybridized carbons (Fsp3) is 0.667. The molecule has 0 unspecified atom stereocenters. The van der Waals surface area contributed by atoms with E-state index in [0.717, 1.165) is 18.8 Å². The highest BCUT2D eigenvalue weighted by Gasteiger charge is 2.24. The van der Waals surface area contributed by atoms with E-state index in [9.17, 15) is 5.11 Å². The lowest BCUT2D eigenvalue weighted by Gasteiger charge is -2.29. The van der Waals surface area contributed by atoms with Gasteiger partial charge in [-0.3, -0.25) is 0 Å². The van der Waals surface area contributed by atoms with Crippen LogP contribution < -0.4 is 4.90 Å². The van der Waals surface area contributed by atoms with Crippen molar-refractivity contribution in [3.05, 3.63) is 23.4 Å². The molecule has 18 heavy (non-hydrogen) atoms. The number of pyridine rings is 1. The molecule has 0 radical (unpaired) electrons. The van der Waals surface area contributed by atoms with Crippen molar-refractivity contribution in [2.45, 2.75) is 51.0 Å². The van der Waals surface area contributed by atoms with Crippen LogP contribution in [0, 0.1) is 0 Å². The summed E-state index contributed by atoms with van der Waals surface area (Å²) in [5.74, 6) is 1.08. The first-order valence-electron chi connectivity index (χ1n) is 7.25. The van der Waals surface area contributed by atoms with E-state index in [0.29, 0.717) is 6.04 Å². The van der Waals surface area contributed by atoms with Gasteiger partial charge in [0.15, 0.2) is 0 Å². The maximum atomic E-state index is 9.28. The molecule has 1 N–H and O–H groups in total. The minimum absolute atomic E-state index is 0.218. The van der Waals surface area contributed by atoms with Crippen LogP contribution in [0.25, 0.3) is 0 Å². The molecule has 1 fully saturated rings. The summed E-state index contributed by atoms with van der Waals surface area (Å²) in [5, 5.41) is 9.28. The zero-order valence-corrected chi connectivity index (χ0v) is 10.9. The first-order chi connectivity index (χ1) is 8.88. The predicted octanol–water partition coefficient (Wildman–Crippen LogP) is 2.31. The monoisotopic (exact) mass is 246 g/mol. The van der Waals surface area contributed by atoms with Crippen LogP contribution >= 0.6 is 0 Å². The molecule has 98 valence electrons. The number of aliphatic hydroxyl groups is 1. The molecule has 1 saturated carbocycles. The van der Waals surface area contributed by atoms with Gasteiger partial charge in [-0.15, -0.1) is 0 Å². The Balaban J connectivity index is 1.84. The Kier molecular flexibility index (Phi) is 3.50. The second kappa shape index (κ2) is 5.27. The van der Waals surface area contributed by atoms with Gasteiger partial charge >= 0.3 is 0 Å². The minimum Gasteiger partial charge on any atom is -0.395 e. The highest BCUT2D eigenvalue weighted by molar-refractivity contribution is 5.44. The lowest BCUT2D eigenvalue weighted by Crippen LogP contribution is -2.36. The number of aromatic nitrogens is 1. The largest absolute Gasteiger partial charge is 0.395 e. The van der Waals surface area contributed by atoms with Crippen LogP contribution in [0.15, 0.2) is 12.1 Å². The van der Waals surface area contributed by atoms with Crippen molar-refractivity contribution in [3.8, 4) is 0 Å². The SMILES string of the molecule is OCCN(c1ccc2c(n1)CCC2)C1CCCC1. The first kappa shape index (κ1) is 12.0. The van der Waals surface area contributed by atoms with E-state index in [4.69, 9.17) is 4.98 Å². The molecule has 2 aliphatic rings. The van der Waals surface area contributed by atoms with E-state index >= 15 is 0 Å². The summed E-state index contributed by atoms with van der Waals surface area (Å²) in [6, 6.07) is 4.98. The molecule has 1 aromatic rings. The van der Waals surface area contributed by atoms with Crippen LogP contribution in [0.2, 0.25) is 0 Å². The number of anilines is 1. The van der Waals surface area contributed by atoms with Gasteiger partial charge in [0.1, 0.15) is 5.82 Å². The van der Waals surface area contributed by atoms with Crippen molar-refractivity contribution in [1.29, 1.82) is 0 Å². The quantitative estimate of drug-likeness (QED) is 0.885. The Bertz CT molecular complexity index is 413. The van der Waals surface area contributed by atoms with Gasteiger partial charge in [-0.2, -0.15) is 0 Å². The Morgan fingerprint density at radius 3 is 2.78 bits per heavy atom. The van der Waals surface area contributed by atoms with Crippen molar-refractivity contribution in [3.63, 3.8) is 0 Å². The average Bonchev–Trinajstić information content (AvgIpc) is 3.05. The summed E-state index contributed by atoms with van der Waals surface area (Å²) in [5.41, 5.74) is 2.71. The smallest absolute Gasteiger partial charge is 0.129 e. The molecule has 1 aromatic heterocycles. The molecule has 3 rings (SSSR count). The molecule has 0 amide bonds. The molecule has 3 heteroatoms. The van der Waals surface area contributed by atoms with Gasteiger partial charge in [0, 0.05) is 18.3 Å². The van der Waals surface area contributed by atoms with E-state index in [1.54, 1.807) is 0 Å². The summed E-state index contributed by atoms with van der Waals surface area (Å²) in [7, 11) is 0. The number of aliphatic hydroxyl groups excluding tert-OH is 1. The predicted molar refractivity (Wildman–Crippen MR) is 72.9 cm³/mol. The third-order valence-electron chi connectivity index (χ3n) is 4.31. The number of rotatable bonds is 4. The molecule has 0 atom stereocenters. The Labute approximate surface area is 109 Å². The topological polar surface area (TPSA) is 36.4 Å². The van der Waals surface area contributed by atoms with Crippen molar-refractivity contribution in [2.75, 3.05) is 18.1 Å². The van der Waals surface area contributed by atoms with Crippen molar-refractivity contribution in [2.24, 2.45) is 0 Å². The van der Waals surface area contributed by atoms with Gasteiger partial charge in [-0.25, -0.2) is 4.98 Å². The molecular formula is C15H22N2O. The second-order valence-corrected chi connectivity index (χ2v) is 5.48. The van der Waals surface area contributed by atoms with E-state index in [2.05, 4.69) is 17.0 Å². The van der Waals surface area contributed by atoms with Gasteiger partial charge in [-0.1, -0.05) is 18.9 Å². The fourth-order valence-electron chi connectivity index (χ4n) is 3.38. The van der Waals surface area contributed by atoms with E-state index in [1.807, 2.05) is 0 Å². The Hall–Kier alpha value is -1.09. The molecule has 2 aliphatic carbocycles. The van der Waals surface area contributed by atoms with E-state index in [1.165, 1.54) is 49.8 Å². The van der Waals surface area contributed by atoms with Gasteiger partial charge in [0.05, 0.1) is 6.61 Å².